The Labute approximate surface area is 302 Å². The van der Waals surface area contributed by atoms with E-state index in [4.69, 9.17) is 9.47 Å². The number of carbonyl (C=O) groups excluding carboxylic acids is 2. The van der Waals surface area contributed by atoms with E-state index in [1.807, 2.05) is 97.1 Å². The molecule has 2 amide bonds. The van der Waals surface area contributed by atoms with E-state index >= 15 is 0 Å². The summed E-state index contributed by atoms with van der Waals surface area (Å²) in [6, 6.07) is 31.5. The first kappa shape index (κ1) is 37.2. The van der Waals surface area contributed by atoms with Gasteiger partial charge in [-0.15, -0.1) is 0 Å². The van der Waals surface area contributed by atoms with Gasteiger partial charge in [0.25, 0.3) is 11.8 Å². The molecule has 0 fully saturated rings. The molecule has 4 aromatic rings. The lowest BCUT2D eigenvalue weighted by molar-refractivity contribution is -0.138. The molecule has 0 heterocycles. The minimum atomic E-state index is -0.170. The summed E-state index contributed by atoms with van der Waals surface area (Å²) >= 11 is 7.13. The average Bonchev–Trinajstić information content (AvgIpc) is 3.04. The maximum atomic E-state index is 13.8. The van der Waals surface area contributed by atoms with Gasteiger partial charge in [-0.3, -0.25) is 9.59 Å². The largest absolute Gasteiger partial charge is 0.483 e. The van der Waals surface area contributed by atoms with Crippen molar-refractivity contribution in [3.05, 3.63) is 128 Å². The fraction of sp³-hybridized carbons (Fsp3) is 0.350. The number of nitrogens with zero attached hydrogens (tertiary/aromatic N) is 2. The summed E-state index contributed by atoms with van der Waals surface area (Å²) in [5.74, 6) is 1.04. The highest BCUT2D eigenvalue weighted by Gasteiger charge is 2.24. The minimum absolute atomic E-state index is 0.119. The van der Waals surface area contributed by atoms with Crippen LogP contribution >= 0.6 is 31.9 Å². The zero-order valence-corrected chi connectivity index (χ0v) is 31.9. The van der Waals surface area contributed by atoms with Crippen LogP contribution in [-0.4, -0.2) is 47.9 Å². The van der Waals surface area contributed by atoms with Crippen molar-refractivity contribution in [2.24, 2.45) is 0 Å². The second kappa shape index (κ2) is 16.7. The molecule has 0 N–H and O–H groups in total. The normalized spacial score (nSPS) is 11.6. The molecule has 0 atom stereocenters. The zero-order chi connectivity index (χ0) is 34.9. The van der Waals surface area contributed by atoms with Crippen LogP contribution in [0.25, 0.3) is 0 Å². The Morgan fingerprint density at radius 1 is 0.562 bits per heavy atom. The Hall–Kier alpha value is -3.62. The fourth-order valence-corrected chi connectivity index (χ4v) is 6.04. The maximum absolute atomic E-state index is 13.8. The van der Waals surface area contributed by atoms with E-state index in [0.717, 1.165) is 31.2 Å². The maximum Gasteiger partial charge on any atom is 0.260 e. The summed E-state index contributed by atoms with van der Waals surface area (Å²) in [5.41, 5.74) is 3.68. The van der Waals surface area contributed by atoms with Crippen molar-refractivity contribution in [2.75, 3.05) is 26.3 Å². The quantitative estimate of drug-likeness (QED) is 0.136. The fourth-order valence-electron chi connectivity index (χ4n) is 5.32. The van der Waals surface area contributed by atoms with Crippen LogP contribution in [0, 0.1) is 0 Å². The minimum Gasteiger partial charge on any atom is -0.483 e. The third kappa shape index (κ3) is 11.0. The van der Waals surface area contributed by atoms with Crippen LogP contribution in [0.3, 0.4) is 0 Å². The highest BCUT2D eigenvalue weighted by Crippen LogP contribution is 2.35. The summed E-state index contributed by atoms with van der Waals surface area (Å²) in [6.45, 7) is 13.9. The third-order valence-corrected chi connectivity index (χ3v) is 8.97. The summed E-state index contributed by atoms with van der Waals surface area (Å²) in [7, 11) is 0. The summed E-state index contributed by atoms with van der Waals surface area (Å²) in [5, 5.41) is 0. The molecule has 8 heteroatoms. The van der Waals surface area contributed by atoms with Crippen LogP contribution in [0.15, 0.2) is 106 Å². The molecule has 254 valence electrons. The topological polar surface area (TPSA) is 59.1 Å². The van der Waals surface area contributed by atoms with Crippen LogP contribution in [0.1, 0.15) is 63.8 Å². The predicted octanol–water partition coefficient (Wildman–Crippen LogP) is 9.32. The molecular formula is C40H46Br2N2O4. The van der Waals surface area contributed by atoms with Crippen LogP contribution in [0.5, 0.6) is 11.5 Å². The first-order valence-corrected chi connectivity index (χ1v) is 17.8. The van der Waals surface area contributed by atoms with Gasteiger partial charge >= 0.3 is 0 Å². The van der Waals surface area contributed by atoms with E-state index in [1.54, 1.807) is 9.80 Å². The molecule has 0 spiro atoms. The summed E-state index contributed by atoms with van der Waals surface area (Å²) < 4.78 is 14.2. The molecular weight excluding hydrogens is 732 g/mol. The number of carbonyl (C=O) groups is 2. The lowest BCUT2D eigenvalue weighted by atomic mass is 9.86. The molecule has 0 unspecified atom stereocenters. The number of amides is 2. The number of halogens is 2. The molecule has 0 radical (unpaired) electrons. The number of benzene rings is 4. The molecule has 4 aromatic carbocycles. The molecule has 0 aliphatic carbocycles. The van der Waals surface area contributed by atoms with E-state index in [2.05, 4.69) is 73.4 Å². The van der Waals surface area contributed by atoms with Gasteiger partial charge < -0.3 is 19.3 Å². The smallest absolute Gasteiger partial charge is 0.260 e. The molecule has 6 nitrogen and oxygen atoms in total. The highest BCUT2D eigenvalue weighted by molar-refractivity contribution is 9.10. The van der Waals surface area contributed by atoms with Gasteiger partial charge in [0.1, 0.15) is 11.5 Å². The predicted molar refractivity (Wildman–Crippen MR) is 200 cm³/mol. The van der Waals surface area contributed by atoms with Crippen molar-refractivity contribution in [3.8, 4) is 11.5 Å². The lowest BCUT2D eigenvalue weighted by Crippen LogP contribution is -2.43. The standard InChI is InChI=1S/C40H46Br2N2O4/c1-39(2,3)33-23-31(41)17-19-35(33)47-27-37(45)43(25-29-13-9-7-10-14-29)21-22-44(26-30-15-11-8-12-16-30)38(46)28-48-36-20-18-32(42)24-34(36)40(4,5)6/h7-20,23-24H,21-22,25-28H2,1-6H3. The molecule has 0 saturated carbocycles. The molecule has 4 rings (SSSR count). The van der Waals surface area contributed by atoms with Crippen molar-refractivity contribution < 1.29 is 19.1 Å². The van der Waals surface area contributed by atoms with Gasteiger partial charge in [-0.1, -0.05) is 134 Å². The van der Waals surface area contributed by atoms with Crippen LogP contribution in [0.2, 0.25) is 0 Å². The Morgan fingerprint density at radius 3 is 1.25 bits per heavy atom. The number of hydrogen-bond donors (Lipinski definition) is 0. The Bertz CT molecular complexity index is 1540. The molecule has 0 saturated heterocycles. The molecule has 0 bridgehead atoms. The first-order chi connectivity index (χ1) is 22.7. The van der Waals surface area contributed by atoms with E-state index in [-0.39, 0.29) is 35.9 Å². The van der Waals surface area contributed by atoms with Crippen molar-refractivity contribution >= 4 is 43.7 Å². The number of rotatable bonds is 13. The molecule has 0 aliphatic heterocycles. The second-order valence-electron chi connectivity index (χ2n) is 14.0. The highest BCUT2D eigenvalue weighted by atomic mass is 79.9. The van der Waals surface area contributed by atoms with Gasteiger partial charge in [0.05, 0.1) is 0 Å². The van der Waals surface area contributed by atoms with Crippen molar-refractivity contribution in [3.63, 3.8) is 0 Å². The summed E-state index contributed by atoms with van der Waals surface area (Å²) in [4.78, 5) is 31.2. The molecule has 0 aliphatic rings. The van der Waals surface area contributed by atoms with Crippen LogP contribution in [-0.2, 0) is 33.5 Å². The monoisotopic (exact) mass is 776 g/mol. The Balaban J connectivity index is 1.53. The van der Waals surface area contributed by atoms with Gasteiger partial charge in [0.15, 0.2) is 13.2 Å². The van der Waals surface area contributed by atoms with Crippen molar-refractivity contribution in [2.45, 2.75) is 65.5 Å². The second-order valence-corrected chi connectivity index (χ2v) is 15.8. The lowest BCUT2D eigenvalue weighted by Gasteiger charge is -2.29. The number of ether oxygens (including phenoxy) is 2. The van der Waals surface area contributed by atoms with Gasteiger partial charge in [0, 0.05) is 46.3 Å². The SMILES string of the molecule is CC(C)(C)c1cc(Br)ccc1OCC(=O)N(CCN(Cc1ccccc1)C(=O)COc1ccc(Br)cc1C(C)(C)C)Cc1ccccc1. The van der Waals surface area contributed by atoms with Gasteiger partial charge in [-0.05, 0) is 58.4 Å². The van der Waals surface area contributed by atoms with Gasteiger partial charge in [0.2, 0.25) is 0 Å². The first-order valence-electron chi connectivity index (χ1n) is 16.2. The average molecular weight is 779 g/mol. The van der Waals surface area contributed by atoms with E-state index in [9.17, 15) is 9.59 Å². The van der Waals surface area contributed by atoms with E-state index in [0.29, 0.717) is 37.7 Å². The Kier molecular flexibility index (Phi) is 12.9. The van der Waals surface area contributed by atoms with Crippen molar-refractivity contribution in [1.82, 2.24) is 9.80 Å². The van der Waals surface area contributed by atoms with Gasteiger partial charge in [-0.25, -0.2) is 0 Å². The van der Waals surface area contributed by atoms with Crippen molar-refractivity contribution in [1.29, 1.82) is 0 Å². The van der Waals surface area contributed by atoms with Crippen LogP contribution in [0.4, 0.5) is 0 Å². The van der Waals surface area contributed by atoms with Gasteiger partial charge in [-0.2, -0.15) is 0 Å². The van der Waals surface area contributed by atoms with E-state index < -0.39 is 0 Å². The summed E-state index contributed by atoms with van der Waals surface area (Å²) in [6.07, 6.45) is 0. The number of hydrogen-bond acceptors (Lipinski definition) is 4. The van der Waals surface area contributed by atoms with E-state index in [1.165, 1.54) is 0 Å². The molecule has 48 heavy (non-hydrogen) atoms. The third-order valence-electron chi connectivity index (χ3n) is 7.98. The Morgan fingerprint density at radius 2 is 0.917 bits per heavy atom. The molecule has 0 aromatic heterocycles. The zero-order valence-electron chi connectivity index (χ0n) is 28.8. The van der Waals surface area contributed by atoms with Crippen LogP contribution < -0.4 is 9.47 Å².